The summed E-state index contributed by atoms with van der Waals surface area (Å²) in [6.07, 6.45) is 2.83. The molecule has 3 nitrogen and oxygen atoms in total. The van der Waals surface area contributed by atoms with Gasteiger partial charge in [-0.05, 0) is 39.5 Å². The van der Waals surface area contributed by atoms with E-state index >= 15 is 0 Å². The fourth-order valence-electron chi connectivity index (χ4n) is 1.60. The van der Waals surface area contributed by atoms with Gasteiger partial charge in [0, 0.05) is 22.0 Å². The van der Waals surface area contributed by atoms with Crippen molar-refractivity contribution in [1.82, 2.24) is 14.6 Å². The number of hydrogen-bond acceptors (Lipinski definition) is 3. The van der Waals surface area contributed by atoms with Crippen molar-refractivity contribution < 1.29 is 0 Å². The lowest BCUT2D eigenvalue weighted by atomic mass is 10.3. The van der Waals surface area contributed by atoms with Crippen LogP contribution >= 0.6 is 27.3 Å². The van der Waals surface area contributed by atoms with Crippen LogP contribution in [0.15, 0.2) is 40.3 Å². The van der Waals surface area contributed by atoms with Crippen LogP contribution in [0.2, 0.25) is 0 Å². The third kappa shape index (κ3) is 1.76. The number of nitrogens with zero attached hydrogens (tertiary/aromatic N) is 3. The van der Waals surface area contributed by atoms with E-state index in [1.54, 1.807) is 11.3 Å². The predicted molar refractivity (Wildman–Crippen MR) is 67.8 cm³/mol. The molecule has 3 aromatic heterocycles. The Morgan fingerprint density at radius 2 is 2.19 bits per heavy atom. The Labute approximate surface area is 105 Å². The lowest BCUT2D eigenvalue weighted by Crippen LogP contribution is -1.94. The fourth-order valence-corrected chi connectivity index (χ4v) is 2.64. The zero-order valence-corrected chi connectivity index (χ0v) is 10.7. The summed E-state index contributed by atoms with van der Waals surface area (Å²) in [7, 11) is 0. The largest absolute Gasteiger partial charge is 0.285 e. The number of aromatic nitrogens is 3. The maximum absolute atomic E-state index is 4.21. The Kier molecular flexibility index (Phi) is 2.49. The van der Waals surface area contributed by atoms with Gasteiger partial charge in [-0.2, -0.15) is 0 Å². The molecule has 0 unspecified atom stereocenters. The van der Waals surface area contributed by atoms with Gasteiger partial charge in [-0.3, -0.25) is 4.40 Å². The van der Waals surface area contributed by atoms with E-state index in [4.69, 9.17) is 0 Å². The van der Waals surface area contributed by atoms with E-state index in [0.717, 1.165) is 22.4 Å². The van der Waals surface area contributed by atoms with Crippen molar-refractivity contribution in [2.24, 2.45) is 0 Å². The topological polar surface area (TPSA) is 30.2 Å². The van der Waals surface area contributed by atoms with Crippen LogP contribution in [0.1, 0.15) is 10.7 Å². The molecule has 0 aliphatic carbocycles. The quantitative estimate of drug-likeness (QED) is 0.727. The van der Waals surface area contributed by atoms with Crippen LogP contribution in [0.25, 0.3) is 5.65 Å². The fraction of sp³-hybridized carbons (Fsp3) is 0.0909. The Morgan fingerprint density at radius 1 is 1.25 bits per heavy atom. The first-order chi connectivity index (χ1) is 7.83. The minimum Gasteiger partial charge on any atom is -0.285 e. The van der Waals surface area contributed by atoms with Crippen molar-refractivity contribution in [2.75, 3.05) is 0 Å². The molecule has 3 aromatic rings. The molecule has 0 amide bonds. The van der Waals surface area contributed by atoms with Crippen molar-refractivity contribution in [3.05, 3.63) is 51.0 Å². The smallest absolute Gasteiger partial charge is 0.160 e. The van der Waals surface area contributed by atoms with Gasteiger partial charge in [0.25, 0.3) is 0 Å². The molecular weight excluding hydrogens is 286 g/mol. The number of halogens is 1. The molecule has 0 bridgehead atoms. The third-order valence-corrected chi connectivity index (χ3v) is 3.69. The highest BCUT2D eigenvalue weighted by molar-refractivity contribution is 9.10. The Morgan fingerprint density at radius 3 is 3.00 bits per heavy atom. The first-order valence-corrected chi connectivity index (χ1v) is 6.52. The molecule has 0 atom stereocenters. The average Bonchev–Trinajstić information content (AvgIpc) is 2.90. The van der Waals surface area contributed by atoms with Gasteiger partial charge in [0.15, 0.2) is 5.65 Å². The molecule has 3 heterocycles. The normalized spacial score (nSPS) is 11.1. The van der Waals surface area contributed by atoms with Crippen molar-refractivity contribution in [2.45, 2.75) is 6.42 Å². The molecule has 0 saturated carbocycles. The van der Waals surface area contributed by atoms with E-state index < -0.39 is 0 Å². The molecule has 0 aliphatic rings. The standard InChI is InChI=1S/C11H8BrN3S/c12-8-3-4-10-13-14-11(15(10)7-8)6-9-2-1-5-16-9/h1-5,7H,6H2. The van der Waals surface area contributed by atoms with Gasteiger partial charge in [-0.15, -0.1) is 21.5 Å². The number of fused-ring (bicyclic) bond motifs is 1. The summed E-state index contributed by atoms with van der Waals surface area (Å²) in [5.41, 5.74) is 0.884. The summed E-state index contributed by atoms with van der Waals surface area (Å²) < 4.78 is 3.05. The molecule has 5 heteroatoms. The van der Waals surface area contributed by atoms with E-state index in [9.17, 15) is 0 Å². The summed E-state index contributed by atoms with van der Waals surface area (Å²) in [5.74, 6) is 0.971. The van der Waals surface area contributed by atoms with Crippen LogP contribution in [-0.4, -0.2) is 14.6 Å². The SMILES string of the molecule is Brc1ccc2nnc(Cc3cccs3)n2c1. The first kappa shape index (κ1) is 9.99. The molecule has 0 N–H and O–H groups in total. The Bertz CT molecular complexity index is 615. The summed E-state index contributed by atoms with van der Waals surface area (Å²) in [5, 5.41) is 10.4. The molecule has 0 fully saturated rings. The third-order valence-electron chi connectivity index (χ3n) is 2.35. The minimum atomic E-state index is 0.829. The molecule has 0 aromatic carbocycles. The second-order valence-corrected chi connectivity index (χ2v) is 5.40. The van der Waals surface area contributed by atoms with Crippen LogP contribution < -0.4 is 0 Å². The van der Waals surface area contributed by atoms with Gasteiger partial charge in [0.2, 0.25) is 0 Å². The molecule has 16 heavy (non-hydrogen) atoms. The molecule has 0 aliphatic heterocycles. The molecule has 0 spiro atoms. The van der Waals surface area contributed by atoms with Crippen LogP contribution in [0.5, 0.6) is 0 Å². The highest BCUT2D eigenvalue weighted by Gasteiger charge is 2.06. The van der Waals surface area contributed by atoms with Gasteiger partial charge in [0.1, 0.15) is 5.82 Å². The number of hydrogen-bond donors (Lipinski definition) is 0. The summed E-state index contributed by atoms with van der Waals surface area (Å²) >= 11 is 5.20. The van der Waals surface area contributed by atoms with Gasteiger partial charge in [0.05, 0.1) is 0 Å². The van der Waals surface area contributed by atoms with Gasteiger partial charge >= 0.3 is 0 Å². The molecule has 3 rings (SSSR count). The number of pyridine rings is 1. The van der Waals surface area contributed by atoms with Gasteiger partial charge in [-0.1, -0.05) is 6.07 Å². The molecule has 0 radical (unpaired) electrons. The minimum absolute atomic E-state index is 0.829. The molecular formula is C11H8BrN3S. The lowest BCUT2D eigenvalue weighted by Gasteiger charge is -1.98. The Balaban J connectivity index is 2.07. The van der Waals surface area contributed by atoms with Crippen molar-refractivity contribution >= 4 is 32.9 Å². The van der Waals surface area contributed by atoms with Crippen LogP contribution in [0.3, 0.4) is 0 Å². The molecule has 0 saturated heterocycles. The van der Waals surface area contributed by atoms with Gasteiger partial charge < -0.3 is 0 Å². The number of rotatable bonds is 2. The zero-order chi connectivity index (χ0) is 11.0. The number of thiophene rings is 1. The molecule has 80 valence electrons. The first-order valence-electron chi connectivity index (χ1n) is 4.84. The summed E-state index contributed by atoms with van der Waals surface area (Å²) in [6, 6.07) is 8.09. The van der Waals surface area contributed by atoms with Crippen LogP contribution in [0.4, 0.5) is 0 Å². The highest BCUT2D eigenvalue weighted by atomic mass is 79.9. The summed E-state index contributed by atoms with van der Waals surface area (Å²) in [6.45, 7) is 0. The van der Waals surface area contributed by atoms with E-state index in [2.05, 4.69) is 43.6 Å². The van der Waals surface area contributed by atoms with Crippen molar-refractivity contribution in [3.63, 3.8) is 0 Å². The van der Waals surface area contributed by atoms with Crippen LogP contribution in [-0.2, 0) is 6.42 Å². The average molecular weight is 294 g/mol. The van der Waals surface area contributed by atoms with Crippen LogP contribution in [0, 0.1) is 0 Å². The maximum Gasteiger partial charge on any atom is 0.160 e. The van der Waals surface area contributed by atoms with Gasteiger partial charge in [-0.25, -0.2) is 0 Å². The highest BCUT2D eigenvalue weighted by Crippen LogP contribution is 2.16. The monoisotopic (exact) mass is 293 g/mol. The lowest BCUT2D eigenvalue weighted by molar-refractivity contribution is 0.943. The maximum atomic E-state index is 4.21. The zero-order valence-electron chi connectivity index (χ0n) is 8.30. The second-order valence-electron chi connectivity index (χ2n) is 3.45. The van der Waals surface area contributed by atoms with E-state index in [0.29, 0.717) is 0 Å². The van der Waals surface area contributed by atoms with Crippen molar-refractivity contribution in [1.29, 1.82) is 0 Å². The predicted octanol–water partition coefficient (Wildman–Crippen LogP) is 3.14. The second kappa shape index (κ2) is 3.99. The Hall–Kier alpha value is -1.20. The summed E-state index contributed by atoms with van der Waals surface area (Å²) in [4.78, 5) is 1.30. The van der Waals surface area contributed by atoms with E-state index in [-0.39, 0.29) is 0 Å². The van der Waals surface area contributed by atoms with Crippen molar-refractivity contribution in [3.8, 4) is 0 Å². The van der Waals surface area contributed by atoms with E-state index in [1.165, 1.54) is 4.88 Å². The van der Waals surface area contributed by atoms with E-state index in [1.807, 2.05) is 22.7 Å².